The zero-order chi connectivity index (χ0) is 55.1. The molecule has 0 fully saturated rings. The van der Waals surface area contributed by atoms with E-state index in [1.165, 1.54) is 24.3 Å². The molecule has 0 unspecified atom stereocenters. The molecule has 0 spiro atoms. The Kier molecular flexibility index (Phi) is 20.6. The third-order valence-corrected chi connectivity index (χ3v) is 13.0. The normalized spacial score (nSPS) is 13.8. The number of hydrogen-bond donors (Lipinski definition) is 10. The van der Waals surface area contributed by atoms with E-state index in [0.29, 0.717) is 22.3 Å². The molecule has 16 nitrogen and oxygen atoms in total. The summed E-state index contributed by atoms with van der Waals surface area (Å²) in [5.41, 5.74) is 47.3. The lowest BCUT2D eigenvalue weighted by Crippen LogP contribution is -2.59. The largest absolute Gasteiger partial charge is 0.416 e. The first-order valence-electron chi connectivity index (χ1n) is 23.9. The van der Waals surface area contributed by atoms with Gasteiger partial charge in [-0.15, -0.1) is 0 Å². The number of nitrogens with two attached hydrogens (primary N) is 8. The van der Waals surface area contributed by atoms with Crippen LogP contribution in [0.15, 0.2) is 122 Å². The Bertz CT molecular complexity index is 2850. The minimum atomic E-state index is -4.49. The maximum atomic E-state index is 13.4. The second kappa shape index (κ2) is 26.1. The number of alkyl halides is 6. The highest BCUT2D eigenvalue weighted by Crippen LogP contribution is 2.31. The summed E-state index contributed by atoms with van der Waals surface area (Å²) >= 11 is 0. The summed E-state index contributed by atoms with van der Waals surface area (Å²) in [4.78, 5) is 61.3. The fourth-order valence-corrected chi connectivity index (χ4v) is 8.09. The van der Waals surface area contributed by atoms with Crippen LogP contribution in [0.5, 0.6) is 0 Å². The van der Waals surface area contributed by atoms with Crippen LogP contribution < -0.4 is 56.5 Å². The van der Waals surface area contributed by atoms with Gasteiger partial charge in [-0.3, -0.25) is 29.1 Å². The van der Waals surface area contributed by atoms with Crippen molar-refractivity contribution in [2.75, 3.05) is 32.7 Å². The van der Waals surface area contributed by atoms with Gasteiger partial charge in [0.15, 0.2) is 11.6 Å². The SMILES string of the molecule is NCC(CN)(CN)C[C@H](N)C(=O)N[C@H](Cc1ccc(C(F)(F)F)cc1)C(=O)Cc1cnc2ccccc2c1.NCC(N)(CN)C[C@H](N)C(=O)N[C@H](Cc1ccc(C(F)(F)F)cc1)C(=O)Cc1cnc2ccccc2c1. The molecule has 0 aliphatic rings. The summed E-state index contributed by atoms with van der Waals surface area (Å²) < 4.78 is 77.8. The van der Waals surface area contributed by atoms with Gasteiger partial charge in [0.25, 0.3) is 0 Å². The van der Waals surface area contributed by atoms with Gasteiger partial charge in [0.05, 0.1) is 46.3 Å². The van der Waals surface area contributed by atoms with E-state index in [4.69, 9.17) is 45.9 Å². The van der Waals surface area contributed by atoms with Gasteiger partial charge in [0.1, 0.15) is 0 Å². The predicted octanol–water partition coefficient (Wildman–Crippen LogP) is 3.10. The van der Waals surface area contributed by atoms with E-state index < -0.39 is 70.4 Å². The number of rotatable bonds is 23. The summed E-state index contributed by atoms with van der Waals surface area (Å²) in [5, 5.41) is 7.03. The smallest absolute Gasteiger partial charge is 0.345 e. The van der Waals surface area contributed by atoms with Crippen LogP contribution in [0, 0.1) is 5.41 Å². The van der Waals surface area contributed by atoms with E-state index in [1.54, 1.807) is 12.4 Å². The van der Waals surface area contributed by atoms with Crippen LogP contribution >= 0.6 is 0 Å². The number of para-hydroxylation sites is 2. The Labute approximate surface area is 429 Å². The van der Waals surface area contributed by atoms with Gasteiger partial charge in [0.2, 0.25) is 11.8 Å². The highest BCUT2D eigenvalue weighted by molar-refractivity contribution is 5.94. The van der Waals surface area contributed by atoms with Crippen molar-refractivity contribution in [1.29, 1.82) is 0 Å². The van der Waals surface area contributed by atoms with Crippen LogP contribution in [0.2, 0.25) is 0 Å². The van der Waals surface area contributed by atoms with Crippen molar-refractivity contribution in [1.82, 2.24) is 20.6 Å². The van der Waals surface area contributed by atoms with Gasteiger partial charge in [0, 0.05) is 79.7 Å². The molecule has 22 heteroatoms. The van der Waals surface area contributed by atoms with E-state index in [1.807, 2.05) is 60.7 Å². The first-order valence-corrected chi connectivity index (χ1v) is 23.9. The third kappa shape index (κ3) is 16.9. The Morgan fingerprint density at radius 1 is 0.493 bits per heavy atom. The average molecular weight is 1050 g/mol. The van der Waals surface area contributed by atoms with E-state index in [-0.39, 0.29) is 82.8 Å². The van der Waals surface area contributed by atoms with E-state index in [0.717, 1.165) is 46.1 Å². The molecule has 0 aliphatic heterocycles. The summed E-state index contributed by atoms with van der Waals surface area (Å²) in [7, 11) is 0. The van der Waals surface area contributed by atoms with E-state index in [9.17, 15) is 45.5 Å². The highest BCUT2D eigenvalue weighted by atomic mass is 19.4. The first-order chi connectivity index (χ1) is 35.4. The molecule has 18 N–H and O–H groups in total. The van der Waals surface area contributed by atoms with Gasteiger partial charge in [-0.2, -0.15) is 26.3 Å². The monoisotopic (exact) mass is 1050 g/mol. The highest BCUT2D eigenvalue weighted by Gasteiger charge is 2.35. The Morgan fingerprint density at radius 2 is 0.853 bits per heavy atom. The van der Waals surface area contributed by atoms with Crippen molar-refractivity contribution in [3.63, 3.8) is 0 Å². The van der Waals surface area contributed by atoms with Crippen LogP contribution in [-0.4, -0.2) is 95.8 Å². The number of pyridine rings is 2. The van der Waals surface area contributed by atoms with Crippen LogP contribution in [0.25, 0.3) is 21.8 Å². The molecule has 2 amide bonds. The molecule has 4 atom stereocenters. The number of fused-ring (bicyclic) bond motifs is 2. The molecule has 0 saturated heterocycles. The molecular weight excluding hydrogens is 983 g/mol. The first kappa shape index (κ1) is 59.1. The summed E-state index contributed by atoms with van der Waals surface area (Å²) in [6, 6.07) is 23.1. The predicted molar refractivity (Wildman–Crippen MR) is 275 cm³/mol. The molecule has 0 bridgehead atoms. The van der Waals surface area contributed by atoms with Crippen LogP contribution in [0.4, 0.5) is 26.3 Å². The molecule has 402 valence electrons. The lowest BCUT2D eigenvalue weighted by molar-refractivity contribution is -0.138. The molecule has 6 rings (SSSR count). The van der Waals surface area contributed by atoms with E-state index in [2.05, 4.69) is 20.6 Å². The van der Waals surface area contributed by atoms with Crippen molar-refractivity contribution in [2.24, 2.45) is 51.3 Å². The standard InChI is InChI=1S/C27H33F3N6O2.C26H31F3N6O2/c28-27(29,30)20-7-5-17(6-8-20)10-23(36-25(38)21(34)12-26(14-31,15-32)16-33)24(37)11-18-9-19-3-1-2-4-22(19)35-13-18;27-26(28,29)19-7-5-16(6-8-19)10-22(35-24(37)20(32)12-25(33,14-30)15-31)23(36)11-17-9-18-3-1-2-4-21(18)34-13-17/h1-9,13,21,23H,10-12,14-16,31-34H2,(H,36,38);1-9,13,20,22H,10-12,14-15,30-33H2,(H,35,37)/t21-,23+;20-,22+/m00/s1. The van der Waals surface area contributed by atoms with Crippen molar-refractivity contribution in [3.8, 4) is 0 Å². The number of nitrogens with one attached hydrogen (secondary N) is 2. The Balaban J connectivity index is 0.000000277. The fraction of sp³-hybridized carbons (Fsp3) is 0.358. The lowest BCUT2D eigenvalue weighted by atomic mass is 9.81. The third-order valence-electron chi connectivity index (χ3n) is 13.0. The second-order valence-corrected chi connectivity index (χ2v) is 18.8. The molecule has 0 radical (unpaired) electrons. The van der Waals surface area contributed by atoms with Crippen molar-refractivity contribution in [3.05, 3.63) is 155 Å². The number of Topliss-reactive ketones (excluding diaryl/α,β-unsaturated/α-hetero) is 2. The molecule has 0 aliphatic carbocycles. The van der Waals surface area contributed by atoms with Gasteiger partial charge in [-0.05, 0) is 96.5 Å². The molecule has 6 aromatic rings. The summed E-state index contributed by atoms with van der Waals surface area (Å²) in [6.07, 6.45) is -5.86. The van der Waals surface area contributed by atoms with Crippen LogP contribution in [0.1, 0.15) is 46.2 Å². The van der Waals surface area contributed by atoms with Gasteiger partial charge in [-0.1, -0.05) is 60.7 Å². The number of halogens is 6. The molecule has 0 saturated carbocycles. The number of carbonyl (C=O) groups is 4. The minimum absolute atomic E-state index is 0.00730. The van der Waals surface area contributed by atoms with Crippen LogP contribution in [0.3, 0.4) is 0 Å². The summed E-state index contributed by atoms with van der Waals surface area (Å²) in [6.45, 7) is 0.401. The Morgan fingerprint density at radius 3 is 1.20 bits per heavy atom. The van der Waals surface area contributed by atoms with Gasteiger partial charge in [-0.25, -0.2) is 0 Å². The number of carbonyl (C=O) groups excluding carboxylic acids is 4. The van der Waals surface area contributed by atoms with Crippen molar-refractivity contribution >= 4 is 45.2 Å². The number of nitrogens with zero attached hydrogens (tertiary/aromatic N) is 2. The Hall–Kier alpha value is -6.76. The number of ketones is 2. The molecule has 75 heavy (non-hydrogen) atoms. The quantitative estimate of drug-likeness (QED) is 0.0413. The molecular formula is C53H64F6N12O4. The second-order valence-electron chi connectivity index (χ2n) is 18.8. The number of amides is 2. The van der Waals surface area contributed by atoms with Crippen molar-refractivity contribution in [2.45, 2.75) is 80.6 Å². The summed E-state index contributed by atoms with van der Waals surface area (Å²) in [5.74, 6) is -1.94. The van der Waals surface area contributed by atoms with Crippen LogP contribution in [-0.2, 0) is 57.2 Å². The van der Waals surface area contributed by atoms with E-state index >= 15 is 0 Å². The maximum Gasteiger partial charge on any atom is 0.416 e. The average Bonchev–Trinajstić information content (AvgIpc) is 3.39. The fourth-order valence-electron chi connectivity index (χ4n) is 8.09. The lowest BCUT2D eigenvalue weighted by Gasteiger charge is -2.32. The zero-order valence-corrected chi connectivity index (χ0v) is 41.0. The molecule has 2 heterocycles. The van der Waals surface area contributed by atoms with Crippen molar-refractivity contribution < 1.29 is 45.5 Å². The maximum absolute atomic E-state index is 13.4. The topological polar surface area (TPSA) is 326 Å². The number of aromatic nitrogens is 2. The van der Waals surface area contributed by atoms with Gasteiger partial charge < -0.3 is 56.5 Å². The molecule has 4 aromatic carbocycles. The number of hydrogen-bond acceptors (Lipinski definition) is 14. The molecule has 2 aromatic heterocycles. The zero-order valence-electron chi connectivity index (χ0n) is 41.0. The van der Waals surface area contributed by atoms with Gasteiger partial charge >= 0.3 is 12.4 Å². The minimum Gasteiger partial charge on any atom is -0.345 e. The number of benzene rings is 4.